The summed E-state index contributed by atoms with van der Waals surface area (Å²) in [5.41, 5.74) is 11.8. The Bertz CT molecular complexity index is 1100. The van der Waals surface area contributed by atoms with Gasteiger partial charge in [0.15, 0.2) is 9.84 Å². The van der Waals surface area contributed by atoms with Crippen molar-refractivity contribution < 1.29 is 27.6 Å². The molecule has 0 bridgehead atoms. The molecular weight excluding hydrogens is 570 g/mol. The van der Waals surface area contributed by atoms with Crippen LogP contribution in [0, 0.1) is 11.8 Å². The maximum absolute atomic E-state index is 13.5. The van der Waals surface area contributed by atoms with Gasteiger partial charge in [0.1, 0.15) is 12.1 Å². The van der Waals surface area contributed by atoms with Gasteiger partial charge < -0.3 is 27.4 Å². The maximum Gasteiger partial charge on any atom is 0.243 e. The van der Waals surface area contributed by atoms with Crippen molar-refractivity contribution in [3.63, 3.8) is 0 Å². The molecule has 1 aromatic carbocycles. The van der Waals surface area contributed by atoms with Gasteiger partial charge in [0.05, 0.1) is 23.0 Å². The zero-order valence-corrected chi connectivity index (χ0v) is 27.9. The lowest BCUT2D eigenvalue weighted by Gasteiger charge is -2.26. The van der Waals surface area contributed by atoms with Crippen molar-refractivity contribution in [2.75, 3.05) is 18.8 Å². The molecule has 0 saturated carbocycles. The zero-order valence-electron chi connectivity index (χ0n) is 27.1. The Kier molecular flexibility index (Phi) is 18.7. The van der Waals surface area contributed by atoms with E-state index >= 15 is 0 Å². The number of benzene rings is 1. The number of nitrogens with one attached hydrogen (secondary N) is 3. The minimum Gasteiger partial charge on any atom is -0.368 e. The molecule has 11 nitrogen and oxygen atoms in total. The van der Waals surface area contributed by atoms with E-state index in [0.717, 1.165) is 5.56 Å². The van der Waals surface area contributed by atoms with Crippen LogP contribution in [-0.4, -0.2) is 67.7 Å². The van der Waals surface area contributed by atoms with Crippen molar-refractivity contribution in [1.82, 2.24) is 16.0 Å². The summed E-state index contributed by atoms with van der Waals surface area (Å²) in [7, 11) is -3.66. The lowest BCUT2D eigenvalue weighted by Crippen LogP contribution is -2.53. The summed E-state index contributed by atoms with van der Waals surface area (Å²) in [5.74, 6) is -3.65. The number of sulfone groups is 1. The summed E-state index contributed by atoms with van der Waals surface area (Å²) < 4.78 is 25.0. The first-order valence-electron chi connectivity index (χ1n) is 15.1. The molecule has 246 valence electrons. The fraction of sp³-hybridized carbons (Fsp3) is 0.677. The average Bonchev–Trinajstić information content (AvgIpc) is 2.90. The van der Waals surface area contributed by atoms with E-state index in [4.69, 9.17) is 11.5 Å². The lowest BCUT2D eigenvalue weighted by atomic mass is 9.99. The van der Waals surface area contributed by atoms with E-state index in [9.17, 15) is 27.6 Å². The van der Waals surface area contributed by atoms with Gasteiger partial charge in [0.25, 0.3) is 0 Å². The summed E-state index contributed by atoms with van der Waals surface area (Å²) in [6.45, 7) is 12.7. The first-order chi connectivity index (χ1) is 20.0. The molecule has 3 atom stereocenters. The van der Waals surface area contributed by atoms with Crippen LogP contribution < -0.4 is 27.4 Å². The van der Waals surface area contributed by atoms with Crippen LogP contribution in [0.2, 0.25) is 0 Å². The number of hydrogen-bond donors (Lipinski definition) is 5. The third-order valence-corrected chi connectivity index (χ3v) is 9.15. The van der Waals surface area contributed by atoms with E-state index in [1.165, 1.54) is 6.42 Å². The van der Waals surface area contributed by atoms with Crippen molar-refractivity contribution in [2.45, 2.75) is 104 Å². The molecule has 0 radical (unpaired) electrons. The number of amides is 4. The van der Waals surface area contributed by atoms with Crippen molar-refractivity contribution in [1.29, 1.82) is 0 Å². The second-order valence-corrected chi connectivity index (χ2v) is 15.0. The summed E-state index contributed by atoms with van der Waals surface area (Å²) >= 11 is 0. The molecule has 1 rings (SSSR count). The molecule has 0 fully saturated rings. The van der Waals surface area contributed by atoms with Crippen molar-refractivity contribution in [2.24, 2.45) is 23.3 Å². The molecule has 0 aliphatic carbocycles. The minimum atomic E-state index is -3.66. The number of carbonyl (C=O) groups is 4. The maximum atomic E-state index is 13.5. The van der Waals surface area contributed by atoms with Crippen LogP contribution >= 0.6 is 0 Å². The van der Waals surface area contributed by atoms with E-state index in [0.29, 0.717) is 25.8 Å². The Hall–Kier alpha value is -2.99. The van der Waals surface area contributed by atoms with Crippen molar-refractivity contribution >= 4 is 33.5 Å². The zero-order chi connectivity index (χ0) is 33.2. The number of rotatable bonds is 17. The second-order valence-electron chi connectivity index (χ2n) is 12.2. The van der Waals surface area contributed by atoms with Crippen LogP contribution in [0.15, 0.2) is 30.3 Å². The van der Waals surface area contributed by atoms with Crippen LogP contribution in [0.3, 0.4) is 0 Å². The highest BCUT2D eigenvalue weighted by atomic mass is 32.2. The van der Waals surface area contributed by atoms with Crippen LogP contribution in [-0.2, 0) is 35.4 Å². The lowest BCUT2D eigenvalue weighted by molar-refractivity contribution is -0.132. The predicted molar refractivity (Wildman–Crippen MR) is 172 cm³/mol. The van der Waals surface area contributed by atoms with Gasteiger partial charge in [0, 0.05) is 0 Å². The fourth-order valence-corrected chi connectivity index (χ4v) is 5.24. The second kappa shape index (κ2) is 20.1. The Morgan fingerprint density at radius 3 is 1.98 bits per heavy atom. The number of primary amides is 1. The Morgan fingerprint density at radius 2 is 1.49 bits per heavy atom. The number of nitrogens with two attached hydrogens (primary N) is 2. The Balaban J connectivity index is 0.00000562. The van der Waals surface area contributed by atoms with Gasteiger partial charge in [-0.2, -0.15) is 0 Å². The normalized spacial score (nSPS) is 13.6. The van der Waals surface area contributed by atoms with Crippen LogP contribution in [0.5, 0.6) is 0 Å². The molecule has 0 spiro atoms. The van der Waals surface area contributed by atoms with Gasteiger partial charge in [-0.1, -0.05) is 64.4 Å². The highest BCUT2D eigenvalue weighted by molar-refractivity contribution is 7.92. The Morgan fingerprint density at radius 1 is 0.907 bits per heavy atom. The van der Waals surface area contributed by atoms with Gasteiger partial charge in [-0.25, -0.2) is 8.42 Å². The monoisotopic (exact) mass is 625 g/mol. The Labute approximate surface area is 258 Å². The van der Waals surface area contributed by atoms with E-state index in [-0.39, 0.29) is 24.5 Å². The number of carbonyl (C=O) groups excluding carboxylic acids is 4. The molecule has 4 amide bonds. The molecule has 12 heteroatoms. The fourth-order valence-electron chi connectivity index (χ4n) is 3.95. The average molecular weight is 626 g/mol. The van der Waals surface area contributed by atoms with Gasteiger partial charge in [-0.15, -0.1) is 0 Å². The largest absolute Gasteiger partial charge is 0.368 e. The van der Waals surface area contributed by atoms with E-state index in [2.05, 4.69) is 29.8 Å². The number of unbranched alkanes of at least 4 members (excludes halogenated alkanes) is 1. The SMILES string of the molecule is CC(C)C[C@H](NC(=O)CNC(=O)[C@H](CCCCN)NC(=O)[C@H](Cc1ccccc1)CS(=O)(=O)C(C)(C)C)C(N)=O.CCC. The third-order valence-electron chi connectivity index (χ3n) is 6.44. The minimum absolute atomic E-state index is 0.112. The molecule has 0 unspecified atom stereocenters. The van der Waals surface area contributed by atoms with E-state index in [1.807, 2.05) is 32.0 Å². The smallest absolute Gasteiger partial charge is 0.243 e. The molecular formula is C31H55N5O6S. The standard InChI is InChI=1S/C28H47N5O6S.C3H8/c1-19(2)15-23(25(30)35)32-24(34)17-31-27(37)22(13-9-10-14-29)33-26(36)21(16-20-11-7-6-8-12-20)18-40(38,39)28(3,4)5;1-3-2/h6-8,11-12,19,21-23H,9-10,13-18,29H2,1-5H3,(H2,30,35)(H,31,37)(H,32,34)(H,33,36);3H2,1-2H3/t21-,22+,23+;/m1./s1. The van der Waals surface area contributed by atoms with Gasteiger partial charge in [-0.05, 0) is 70.9 Å². The summed E-state index contributed by atoms with van der Waals surface area (Å²) in [6.07, 6.45) is 3.17. The topological polar surface area (TPSA) is 191 Å². The van der Waals surface area contributed by atoms with Crippen LogP contribution in [0.25, 0.3) is 0 Å². The molecule has 0 aliphatic heterocycles. The first-order valence-corrected chi connectivity index (χ1v) is 16.8. The van der Waals surface area contributed by atoms with E-state index < -0.39 is 62.8 Å². The van der Waals surface area contributed by atoms with E-state index in [1.54, 1.807) is 32.9 Å². The molecule has 43 heavy (non-hydrogen) atoms. The van der Waals surface area contributed by atoms with Gasteiger partial charge in [0.2, 0.25) is 23.6 Å². The highest BCUT2D eigenvalue weighted by Crippen LogP contribution is 2.21. The first kappa shape index (κ1) is 40.0. The van der Waals surface area contributed by atoms with Crippen LogP contribution in [0.1, 0.15) is 86.1 Å². The van der Waals surface area contributed by atoms with Crippen LogP contribution in [0.4, 0.5) is 0 Å². The summed E-state index contributed by atoms with van der Waals surface area (Å²) in [6, 6.07) is 7.19. The molecule has 1 aromatic rings. The van der Waals surface area contributed by atoms with Crippen molar-refractivity contribution in [3.8, 4) is 0 Å². The molecule has 7 N–H and O–H groups in total. The molecule has 0 heterocycles. The quantitative estimate of drug-likeness (QED) is 0.164. The van der Waals surface area contributed by atoms with Gasteiger partial charge in [-0.3, -0.25) is 19.2 Å². The van der Waals surface area contributed by atoms with Gasteiger partial charge >= 0.3 is 0 Å². The molecule has 0 aliphatic rings. The van der Waals surface area contributed by atoms with Crippen molar-refractivity contribution in [3.05, 3.63) is 35.9 Å². The predicted octanol–water partition coefficient (Wildman–Crippen LogP) is 2.22. The highest BCUT2D eigenvalue weighted by Gasteiger charge is 2.35. The molecule has 0 aromatic heterocycles. The molecule has 0 saturated heterocycles. The summed E-state index contributed by atoms with van der Waals surface area (Å²) in [5, 5.41) is 7.74. The third kappa shape index (κ3) is 16.4. The number of hydrogen-bond acceptors (Lipinski definition) is 7. The summed E-state index contributed by atoms with van der Waals surface area (Å²) in [4.78, 5) is 50.6.